The van der Waals surface area contributed by atoms with Crippen LogP contribution in [0.5, 0.6) is 0 Å². The molecule has 1 atom stereocenters. The molecule has 1 aromatic heterocycles. The second-order valence-corrected chi connectivity index (χ2v) is 4.88. The molecule has 1 aromatic rings. The Morgan fingerprint density at radius 1 is 1.55 bits per heavy atom. The highest BCUT2D eigenvalue weighted by Crippen LogP contribution is 2.18. The second-order valence-electron chi connectivity index (χ2n) is 4.52. The molecule has 1 unspecified atom stereocenters. The number of hydrogen-bond acceptors (Lipinski definition) is 4. The van der Waals surface area contributed by atoms with E-state index in [0.717, 1.165) is 12.3 Å². The van der Waals surface area contributed by atoms with Crippen LogP contribution in [0.3, 0.4) is 0 Å². The summed E-state index contributed by atoms with van der Waals surface area (Å²) in [5.41, 5.74) is -1.33. The van der Waals surface area contributed by atoms with E-state index < -0.39 is 23.2 Å². The molecule has 0 aliphatic rings. The third-order valence-corrected chi connectivity index (χ3v) is 3.13. The summed E-state index contributed by atoms with van der Waals surface area (Å²) < 4.78 is 17.8. The van der Waals surface area contributed by atoms with Gasteiger partial charge >= 0.3 is 5.97 Å². The van der Waals surface area contributed by atoms with Crippen LogP contribution >= 0.6 is 11.6 Å². The molecule has 0 saturated heterocycles. The van der Waals surface area contributed by atoms with E-state index in [4.69, 9.17) is 11.6 Å². The number of carbonyl (C=O) groups is 2. The van der Waals surface area contributed by atoms with E-state index in [1.54, 1.807) is 6.92 Å². The fraction of sp³-hybridized carbons (Fsp3) is 0.462. The topological polar surface area (TPSA) is 68.3 Å². The highest BCUT2D eigenvalue weighted by molar-refractivity contribution is 6.32. The first-order valence-corrected chi connectivity index (χ1v) is 6.44. The second kappa shape index (κ2) is 6.65. The van der Waals surface area contributed by atoms with Crippen LogP contribution in [-0.2, 0) is 9.53 Å². The number of carbonyl (C=O) groups excluding carboxylic acids is 2. The van der Waals surface area contributed by atoms with Gasteiger partial charge in [0.25, 0.3) is 5.91 Å². The first-order chi connectivity index (χ1) is 9.34. The summed E-state index contributed by atoms with van der Waals surface area (Å²) in [4.78, 5) is 27.5. The van der Waals surface area contributed by atoms with Crippen LogP contribution in [0, 0.1) is 5.82 Å². The molecule has 0 saturated carbocycles. The van der Waals surface area contributed by atoms with E-state index in [0.29, 0.717) is 12.8 Å². The van der Waals surface area contributed by atoms with Gasteiger partial charge in [-0.15, -0.1) is 0 Å². The zero-order valence-corrected chi connectivity index (χ0v) is 12.3. The van der Waals surface area contributed by atoms with Crippen molar-refractivity contribution in [2.75, 3.05) is 7.11 Å². The van der Waals surface area contributed by atoms with E-state index in [-0.39, 0.29) is 10.7 Å². The number of hydrogen-bond donors (Lipinski definition) is 1. The Balaban J connectivity index is 3.02. The molecule has 0 aliphatic heterocycles. The summed E-state index contributed by atoms with van der Waals surface area (Å²) in [5.74, 6) is -1.94. The van der Waals surface area contributed by atoms with Gasteiger partial charge < -0.3 is 10.1 Å². The smallest absolute Gasteiger partial charge is 0.331 e. The maximum Gasteiger partial charge on any atom is 0.331 e. The Morgan fingerprint density at radius 2 is 2.20 bits per heavy atom. The van der Waals surface area contributed by atoms with E-state index in [9.17, 15) is 14.0 Å². The van der Waals surface area contributed by atoms with E-state index in [1.165, 1.54) is 7.11 Å². The van der Waals surface area contributed by atoms with Crippen LogP contribution in [0.2, 0.25) is 5.15 Å². The van der Waals surface area contributed by atoms with E-state index in [1.807, 2.05) is 6.92 Å². The number of methoxy groups -OCH3 is 1. The van der Waals surface area contributed by atoms with Crippen molar-refractivity contribution in [1.82, 2.24) is 10.3 Å². The van der Waals surface area contributed by atoms with Crippen molar-refractivity contribution in [2.24, 2.45) is 0 Å². The summed E-state index contributed by atoms with van der Waals surface area (Å²) >= 11 is 5.76. The van der Waals surface area contributed by atoms with Crippen molar-refractivity contribution < 1.29 is 18.7 Å². The fourth-order valence-electron chi connectivity index (χ4n) is 1.84. The molecule has 0 spiro atoms. The van der Waals surface area contributed by atoms with Gasteiger partial charge in [0.05, 0.1) is 18.9 Å². The lowest BCUT2D eigenvalue weighted by Crippen LogP contribution is -2.52. The average molecular weight is 303 g/mol. The number of amides is 1. The molecule has 110 valence electrons. The van der Waals surface area contributed by atoms with Crippen LogP contribution < -0.4 is 5.32 Å². The molecular weight excluding hydrogens is 287 g/mol. The Kier molecular flexibility index (Phi) is 5.44. The molecule has 0 aliphatic carbocycles. The lowest BCUT2D eigenvalue weighted by molar-refractivity contribution is -0.147. The van der Waals surface area contributed by atoms with Gasteiger partial charge in [0, 0.05) is 0 Å². The minimum absolute atomic E-state index is 0.127. The number of pyridine rings is 1. The van der Waals surface area contributed by atoms with Crippen LogP contribution in [0.25, 0.3) is 0 Å². The van der Waals surface area contributed by atoms with Gasteiger partial charge in [-0.25, -0.2) is 14.2 Å². The molecule has 5 nitrogen and oxygen atoms in total. The molecule has 0 bridgehead atoms. The molecule has 1 N–H and O–H groups in total. The van der Waals surface area contributed by atoms with Gasteiger partial charge in [-0.05, 0) is 19.4 Å². The molecule has 7 heteroatoms. The Morgan fingerprint density at radius 3 is 2.75 bits per heavy atom. The third kappa shape index (κ3) is 3.66. The zero-order valence-electron chi connectivity index (χ0n) is 11.5. The van der Waals surface area contributed by atoms with Gasteiger partial charge in [0.15, 0.2) is 0 Å². The number of halogens is 2. The number of esters is 1. The Labute approximate surface area is 121 Å². The van der Waals surface area contributed by atoms with Crippen LogP contribution in [0.1, 0.15) is 37.0 Å². The monoisotopic (exact) mass is 302 g/mol. The number of ether oxygens (including phenoxy) is 1. The maximum atomic E-state index is 13.1. The number of rotatable bonds is 5. The van der Waals surface area contributed by atoms with Crippen molar-refractivity contribution in [3.63, 3.8) is 0 Å². The maximum absolute atomic E-state index is 13.1. The van der Waals surface area contributed by atoms with Gasteiger partial charge in [0.1, 0.15) is 16.5 Å². The number of nitrogens with one attached hydrogen (secondary N) is 1. The predicted octanol–water partition coefficient (Wildman–Crippen LogP) is 2.34. The Hall–Kier alpha value is -1.69. The summed E-state index contributed by atoms with van der Waals surface area (Å²) in [6, 6.07) is 0.967. The average Bonchev–Trinajstić information content (AvgIpc) is 2.40. The lowest BCUT2D eigenvalue weighted by atomic mass is 9.95. The van der Waals surface area contributed by atoms with Crippen LogP contribution in [0.4, 0.5) is 4.39 Å². The van der Waals surface area contributed by atoms with Crippen LogP contribution in [-0.4, -0.2) is 29.5 Å². The van der Waals surface area contributed by atoms with Crippen molar-refractivity contribution in [3.8, 4) is 0 Å². The highest BCUT2D eigenvalue weighted by Gasteiger charge is 2.35. The summed E-state index contributed by atoms with van der Waals surface area (Å²) in [5, 5.41) is 2.39. The van der Waals surface area contributed by atoms with Crippen molar-refractivity contribution in [2.45, 2.75) is 32.2 Å². The number of aromatic nitrogens is 1. The van der Waals surface area contributed by atoms with Gasteiger partial charge in [0.2, 0.25) is 0 Å². The number of nitrogens with zero attached hydrogens (tertiary/aromatic N) is 1. The molecule has 0 fully saturated rings. The molecule has 0 aromatic carbocycles. The Bertz CT molecular complexity index is 524. The third-order valence-electron chi connectivity index (χ3n) is 2.83. The minimum atomic E-state index is -1.20. The molecular formula is C13H16ClFN2O3. The first kappa shape index (κ1) is 16.4. The summed E-state index contributed by atoms with van der Waals surface area (Å²) in [6.07, 6.45) is 1.94. The SMILES string of the molecule is CCCC(C)(NC(=O)c1cc(F)cnc1Cl)C(=O)OC. The lowest BCUT2D eigenvalue weighted by Gasteiger charge is -2.27. The van der Waals surface area contributed by atoms with E-state index >= 15 is 0 Å². The van der Waals surface area contributed by atoms with E-state index in [2.05, 4.69) is 15.0 Å². The fourth-order valence-corrected chi connectivity index (χ4v) is 2.03. The van der Waals surface area contributed by atoms with Crippen molar-refractivity contribution >= 4 is 23.5 Å². The van der Waals surface area contributed by atoms with Gasteiger partial charge in [-0.1, -0.05) is 24.9 Å². The highest BCUT2D eigenvalue weighted by atomic mass is 35.5. The minimum Gasteiger partial charge on any atom is -0.467 e. The molecule has 20 heavy (non-hydrogen) atoms. The zero-order chi connectivity index (χ0) is 15.3. The first-order valence-electron chi connectivity index (χ1n) is 6.06. The quantitative estimate of drug-likeness (QED) is 0.669. The van der Waals surface area contributed by atoms with Crippen molar-refractivity contribution in [3.05, 3.63) is 28.8 Å². The summed E-state index contributed by atoms with van der Waals surface area (Å²) in [7, 11) is 1.24. The summed E-state index contributed by atoms with van der Waals surface area (Å²) in [6.45, 7) is 3.41. The van der Waals surface area contributed by atoms with Gasteiger partial charge in [-0.3, -0.25) is 4.79 Å². The standard InChI is InChI=1S/C13H16ClFN2O3/c1-4-5-13(2,12(19)20-3)17-11(18)9-6-8(15)7-16-10(9)14/h6-7H,4-5H2,1-3H3,(H,17,18). The molecule has 1 rings (SSSR count). The van der Waals surface area contributed by atoms with Crippen LogP contribution in [0.15, 0.2) is 12.3 Å². The molecule has 1 heterocycles. The van der Waals surface area contributed by atoms with Gasteiger partial charge in [-0.2, -0.15) is 0 Å². The normalized spacial score (nSPS) is 13.4. The largest absolute Gasteiger partial charge is 0.467 e. The predicted molar refractivity (Wildman–Crippen MR) is 72.0 cm³/mol. The molecule has 1 amide bonds. The van der Waals surface area contributed by atoms with Crippen molar-refractivity contribution in [1.29, 1.82) is 0 Å². The molecule has 0 radical (unpaired) electrons.